The molecule has 0 spiro atoms. The fourth-order valence-corrected chi connectivity index (χ4v) is 5.81. The van der Waals surface area contributed by atoms with Crippen molar-refractivity contribution in [2.75, 3.05) is 19.0 Å². The Balaban J connectivity index is 1.55. The van der Waals surface area contributed by atoms with Crippen molar-refractivity contribution in [3.8, 4) is 5.75 Å². The predicted octanol–water partition coefficient (Wildman–Crippen LogP) is 1.64. The molecule has 3 heterocycles. The summed E-state index contributed by atoms with van der Waals surface area (Å²) in [5.74, 6) is -0.970. The summed E-state index contributed by atoms with van der Waals surface area (Å²) in [6.45, 7) is 0.317. The van der Waals surface area contributed by atoms with Crippen LogP contribution in [0.5, 0.6) is 5.75 Å². The van der Waals surface area contributed by atoms with Crippen molar-refractivity contribution in [1.82, 2.24) is 14.3 Å². The van der Waals surface area contributed by atoms with Gasteiger partial charge in [-0.05, 0) is 30.3 Å². The van der Waals surface area contributed by atoms with Crippen LogP contribution in [0.25, 0.3) is 0 Å². The number of nitrogens with zero attached hydrogens (tertiary/aromatic N) is 3. The van der Waals surface area contributed by atoms with Gasteiger partial charge in [0.15, 0.2) is 5.13 Å². The summed E-state index contributed by atoms with van der Waals surface area (Å²) in [6, 6.07) is 9.01. The number of ether oxygens (including phenoxy) is 1. The van der Waals surface area contributed by atoms with Crippen LogP contribution in [0.4, 0.5) is 5.13 Å². The van der Waals surface area contributed by atoms with Crippen LogP contribution in [0.3, 0.4) is 0 Å². The van der Waals surface area contributed by atoms with Gasteiger partial charge >= 0.3 is 0 Å². The number of carbonyl (C=O) groups is 2. The van der Waals surface area contributed by atoms with Crippen LogP contribution < -0.4 is 15.8 Å². The number of hydrogen-bond donors (Lipinski definition) is 2. The molecule has 2 amide bonds. The summed E-state index contributed by atoms with van der Waals surface area (Å²) in [5, 5.41) is 3.09. The normalized spacial score (nSPS) is 13.9. The number of carbonyl (C=O) groups excluding carboxylic acids is 2. The molecule has 1 aromatic carbocycles. The van der Waals surface area contributed by atoms with Crippen LogP contribution in [0, 0.1) is 0 Å². The number of aromatic nitrogens is 2. The average Bonchev–Trinajstić information content (AvgIpc) is 3.20. The first-order valence-corrected chi connectivity index (χ1v) is 11.7. The number of primary amides is 1. The van der Waals surface area contributed by atoms with Crippen molar-refractivity contribution in [3.63, 3.8) is 0 Å². The summed E-state index contributed by atoms with van der Waals surface area (Å²) in [7, 11) is -2.52. The summed E-state index contributed by atoms with van der Waals surface area (Å²) in [6.07, 6.45) is 1.91. The van der Waals surface area contributed by atoms with Crippen LogP contribution in [-0.4, -0.2) is 48.2 Å². The Morgan fingerprint density at radius 1 is 1.25 bits per heavy atom. The van der Waals surface area contributed by atoms with E-state index in [-0.39, 0.29) is 35.0 Å². The van der Waals surface area contributed by atoms with Crippen molar-refractivity contribution in [1.29, 1.82) is 0 Å². The second-order valence-corrected chi connectivity index (χ2v) is 9.89. The van der Waals surface area contributed by atoms with E-state index in [0.717, 1.165) is 10.6 Å². The monoisotopic (exact) mass is 473 g/mol. The van der Waals surface area contributed by atoms with Crippen LogP contribution in [0.1, 0.15) is 31.4 Å². The van der Waals surface area contributed by atoms with Crippen LogP contribution >= 0.6 is 11.3 Å². The third kappa shape index (κ3) is 4.20. The molecule has 4 rings (SSSR count). The Morgan fingerprint density at radius 2 is 2.06 bits per heavy atom. The summed E-state index contributed by atoms with van der Waals surface area (Å²) < 4.78 is 32.7. The lowest BCUT2D eigenvalue weighted by molar-refractivity contribution is 0.0994. The van der Waals surface area contributed by atoms with Crippen LogP contribution in [0.2, 0.25) is 0 Å². The van der Waals surface area contributed by atoms with Gasteiger partial charge < -0.3 is 10.5 Å². The maximum atomic E-state index is 13.2. The Bertz CT molecular complexity index is 1290. The first-order valence-electron chi connectivity index (χ1n) is 9.48. The van der Waals surface area contributed by atoms with E-state index in [1.165, 1.54) is 47.1 Å². The molecular formula is C20H19N5O5S2. The minimum Gasteiger partial charge on any atom is -0.496 e. The number of methoxy groups -OCH3 is 1. The second kappa shape index (κ2) is 8.65. The van der Waals surface area contributed by atoms with Gasteiger partial charge in [-0.25, -0.2) is 13.4 Å². The number of benzene rings is 1. The van der Waals surface area contributed by atoms with Crippen molar-refractivity contribution >= 4 is 38.3 Å². The van der Waals surface area contributed by atoms with Gasteiger partial charge in [0.1, 0.15) is 11.4 Å². The van der Waals surface area contributed by atoms with E-state index >= 15 is 0 Å². The van der Waals surface area contributed by atoms with Gasteiger partial charge in [0, 0.05) is 24.0 Å². The number of thiazole rings is 1. The van der Waals surface area contributed by atoms with E-state index in [0.29, 0.717) is 11.6 Å². The summed E-state index contributed by atoms with van der Waals surface area (Å²) in [5.41, 5.74) is 6.34. The molecule has 12 heteroatoms. The fraction of sp³-hybridized carbons (Fsp3) is 0.200. The summed E-state index contributed by atoms with van der Waals surface area (Å²) >= 11 is 1.22. The largest absolute Gasteiger partial charge is 0.496 e. The highest BCUT2D eigenvalue weighted by molar-refractivity contribution is 7.89. The molecule has 0 bridgehead atoms. The number of nitrogens with one attached hydrogen (secondary N) is 1. The Hall–Kier alpha value is -3.35. The van der Waals surface area contributed by atoms with Crippen LogP contribution in [-0.2, 0) is 23.0 Å². The zero-order valence-electron chi connectivity index (χ0n) is 16.9. The molecule has 166 valence electrons. The quantitative estimate of drug-likeness (QED) is 0.554. The van der Waals surface area contributed by atoms with Gasteiger partial charge in [0.05, 0.1) is 29.8 Å². The standard InChI is InChI=1S/C20H19N5O5S2/c1-30-16-6-5-12(10-13(16)18(21)26)32(28,29)25-9-7-14-17(11-25)31-20(23-14)24-19(27)15-4-2-3-8-22-15/h2-6,8,10H,7,9,11H2,1H3,(H2,21,26)(H,23,24,27). The summed E-state index contributed by atoms with van der Waals surface area (Å²) in [4.78, 5) is 33.1. The fourth-order valence-electron chi connectivity index (χ4n) is 3.28. The zero-order valence-corrected chi connectivity index (χ0v) is 18.6. The third-order valence-electron chi connectivity index (χ3n) is 4.89. The molecule has 0 radical (unpaired) electrons. The van der Waals surface area contributed by atoms with Gasteiger partial charge in [-0.3, -0.25) is 19.9 Å². The first kappa shape index (κ1) is 21.9. The van der Waals surface area contributed by atoms with E-state index < -0.39 is 21.8 Å². The molecule has 0 unspecified atom stereocenters. The molecule has 0 atom stereocenters. The first-order chi connectivity index (χ1) is 15.3. The molecule has 0 saturated carbocycles. The van der Waals surface area contributed by atoms with Gasteiger partial charge in [-0.2, -0.15) is 4.31 Å². The van der Waals surface area contributed by atoms with Crippen LogP contribution in [0.15, 0.2) is 47.5 Å². The topological polar surface area (TPSA) is 145 Å². The predicted molar refractivity (Wildman–Crippen MR) is 117 cm³/mol. The Labute approximate surface area is 188 Å². The number of sulfonamides is 1. The van der Waals surface area contributed by atoms with Crippen molar-refractivity contribution < 1.29 is 22.7 Å². The molecule has 1 aliphatic heterocycles. The molecule has 0 aliphatic carbocycles. The zero-order chi connectivity index (χ0) is 22.9. The lowest BCUT2D eigenvalue weighted by atomic mass is 10.2. The van der Waals surface area contributed by atoms with E-state index in [1.54, 1.807) is 18.2 Å². The van der Waals surface area contributed by atoms with E-state index in [1.807, 2.05) is 0 Å². The Kier molecular flexibility index (Phi) is 5.91. The lowest BCUT2D eigenvalue weighted by Crippen LogP contribution is -2.35. The minimum atomic E-state index is -3.89. The molecule has 0 fully saturated rings. The molecule has 1 aliphatic rings. The molecule has 32 heavy (non-hydrogen) atoms. The molecule has 0 saturated heterocycles. The molecular weight excluding hydrogens is 454 g/mol. The third-order valence-corrected chi connectivity index (χ3v) is 7.73. The second-order valence-electron chi connectivity index (χ2n) is 6.87. The number of amides is 2. The molecule has 2 aromatic heterocycles. The van der Waals surface area contributed by atoms with E-state index in [9.17, 15) is 18.0 Å². The van der Waals surface area contributed by atoms with Gasteiger partial charge in [0.2, 0.25) is 10.0 Å². The number of nitrogens with two attached hydrogens (primary N) is 1. The Morgan fingerprint density at radius 3 is 2.75 bits per heavy atom. The minimum absolute atomic E-state index is 0.0106. The highest BCUT2D eigenvalue weighted by Crippen LogP contribution is 2.32. The lowest BCUT2D eigenvalue weighted by Gasteiger charge is -2.25. The van der Waals surface area contributed by atoms with Gasteiger partial charge in [0.25, 0.3) is 11.8 Å². The van der Waals surface area contributed by atoms with Crippen molar-refractivity contribution in [2.24, 2.45) is 5.73 Å². The highest BCUT2D eigenvalue weighted by atomic mass is 32.2. The van der Waals surface area contributed by atoms with E-state index in [4.69, 9.17) is 10.5 Å². The van der Waals surface area contributed by atoms with E-state index in [2.05, 4.69) is 15.3 Å². The average molecular weight is 474 g/mol. The number of pyridine rings is 1. The maximum absolute atomic E-state index is 13.2. The number of rotatable bonds is 6. The molecule has 3 N–H and O–H groups in total. The smallest absolute Gasteiger partial charge is 0.276 e. The number of hydrogen-bond acceptors (Lipinski definition) is 8. The van der Waals surface area contributed by atoms with Gasteiger partial charge in [-0.1, -0.05) is 6.07 Å². The highest BCUT2D eigenvalue weighted by Gasteiger charge is 2.31. The van der Waals surface area contributed by atoms with Crippen molar-refractivity contribution in [2.45, 2.75) is 17.9 Å². The van der Waals surface area contributed by atoms with Crippen molar-refractivity contribution in [3.05, 3.63) is 64.4 Å². The maximum Gasteiger partial charge on any atom is 0.276 e. The molecule has 10 nitrogen and oxygen atoms in total. The number of fused-ring (bicyclic) bond motifs is 1. The number of anilines is 1. The molecule has 3 aromatic rings. The van der Waals surface area contributed by atoms with Gasteiger partial charge in [-0.15, -0.1) is 11.3 Å². The SMILES string of the molecule is COc1ccc(S(=O)(=O)N2CCc3nc(NC(=O)c4ccccn4)sc3C2)cc1C(N)=O.